The second-order valence-corrected chi connectivity index (χ2v) is 9.40. The summed E-state index contributed by atoms with van der Waals surface area (Å²) < 4.78 is 55.3. The van der Waals surface area contributed by atoms with Crippen LogP contribution in [0.5, 0.6) is 0 Å². The molecule has 4 rings (SSSR count). The molecule has 0 aliphatic rings. The molecule has 9 nitrogen and oxygen atoms in total. The third kappa shape index (κ3) is 6.98. The summed E-state index contributed by atoms with van der Waals surface area (Å²) in [5, 5.41) is 9.87. The van der Waals surface area contributed by atoms with Crippen LogP contribution < -0.4 is 62.9 Å². The van der Waals surface area contributed by atoms with Crippen LogP contribution in [0.3, 0.4) is 0 Å². The van der Waals surface area contributed by atoms with Crippen molar-refractivity contribution in [1.82, 2.24) is 9.97 Å². The number of fused-ring (bicyclic) bond motifs is 2. The molecule has 0 aliphatic carbocycles. The first-order valence-corrected chi connectivity index (χ1v) is 11.9. The Balaban J connectivity index is 0.000000363. The molecule has 0 radical (unpaired) electrons. The number of hydrogen-bond acceptors (Lipinski definition) is 10. The number of anilines is 2. The molecule has 200 valence electrons. The Morgan fingerprint density at radius 1 is 0.921 bits per heavy atom. The van der Waals surface area contributed by atoms with Gasteiger partial charge in [-0.15, -0.1) is 22.7 Å². The van der Waals surface area contributed by atoms with Crippen molar-refractivity contribution in [3.05, 3.63) is 44.4 Å². The van der Waals surface area contributed by atoms with E-state index in [2.05, 4.69) is 9.97 Å². The summed E-state index contributed by atoms with van der Waals surface area (Å²) in [6.45, 7) is 5.17. The largest absolute Gasteiger partial charge is 1.00 e. The maximum Gasteiger partial charge on any atom is 1.00 e. The van der Waals surface area contributed by atoms with Crippen molar-refractivity contribution in [2.45, 2.75) is 33.6 Å². The number of aryl methyl sites for hydroxylation is 2. The van der Waals surface area contributed by atoms with Crippen LogP contribution in [0.15, 0.2) is 12.1 Å². The van der Waals surface area contributed by atoms with E-state index in [1.807, 2.05) is 0 Å². The van der Waals surface area contributed by atoms with Gasteiger partial charge in [0.25, 0.3) is 12.9 Å². The molecule has 0 saturated carbocycles. The normalized spacial score (nSPS) is 10.7. The number of halogens is 4. The number of nitrogens with two attached hydrogens (primary N) is 2. The molecule has 0 bridgehead atoms. The summed E-state index contributed by atoms with van der Waals surface area (Å²) in [6.07, 6.45) is -5.34. The minimum atomic E-state index is -2.69. The van der Waals surface area contributed by atoms with Gasteiger partial charge in [0.1, 0.15) is 30.8 Å². The number of esters is 1. The number of nitrogen functional groups attached to an aromatic ring is 2. The van der Waals surface area contributed by atoms with E-state index in [1.54, 1.807) is 20.8 Å². The van der Waals surface area contributed by atoms with Gasteiger partial charge in [-0.05, 0) is 44.0 Å². The second-order valence-electron chi connectivity index (χ2n) is 7.41. The van der Waals surface area contributed by atoms with Crippen molar-refractivity contribution >= 4 is 66.4 Å². The molecule has 0 spiro atoms. The minimum absolute atomic E-state index is 0. The van der Waals surface area contributed by atoms with E-state index in [9.17, 15) is 27.2 Å². The van der Waals surface area contributed by atoms with Crippen molar-refractivity contribution in [3.8, 4) is 0 Å². The zero-order valence-electron chi connectivity index (χ0n) is 20.5. The Bertz CT molecular complexity index is 1480. The number of ether oxygens (including phenoxy) is 1. The number of carboxylic acid groups (broad SMARTS) is 1. The number of carboxylic acids is 1. The third-order valence-corrected chi connectivity index (χ3v) is 7.10. The Labute approximate surface area is 263 Å². The molecule has 0 fully saturated rings. The Hall–Kier alpha value is -1.92. The topological polar surface area (TPSA) is 171 Å². The van der Waals surface area contributed by atoms with Crippen LogP contribution >= 0.6 is 22.7 Å². The number of hydrogen-bond donors (Lipinski definition) is 3. The van der Waals surface area contributed by atoms with Gasteiger partial charge in [-0.25, -0.2) is 37.1 Å². The van der Waals surface area contributed by atoms with Gasteiger partial charge in [0, 0.05) is 10.8 Å². The predicted octanol–water partition coefficient (Wildman–Crippen LogP) is 2.95. The number of aromatic carboxylic acids is 1. The number of aromatic nitrogens is 2. The number of thiophene rings is 2. The second kappa shape index (κ2) is 13.9. The summed E-state index contributed by atoms with van der Waals surface area (Å²) >= 11 is 1.78. The van der Waals surface area contributed by atoms with Crippen molar-refractivity contribution in [2.75, 3.05) is 18.1 Å². The third-order valence-electron chi connectivity index (χ3n) is 4.93. The molecule has 0 unspecified atom stereocenters. The number of pyridine rings is 2. The van der Waals surface area contributed by atoms with E-state index in [0.717, 1.165) is 22.7 Å². The predicted molar refractivity (Wildman–Crippen MR) is 132 cm³/mol. The summed E-state index contributed by atoms with van der Waals surface area (Å²) in [5.74, 6) is -1.73. The average molecular weight is 601 g/mol. The van der Waals surface area contributed by atoms with Crippen LogP contribution in [-0.2, 0) is 4.74 Å². The first-order valence-electron chi connectivity index (χ1n) is 10.2. The molecule has 0 atom stereocenters. The molecule has 0 saturated heterocycles. The van der Waals surface area contributed by atoms with E-state index in [-0.39, 0.29) is 101 Å². The van der Waals surface area contributed by atoms with Crippen LogP contribution in [0.1, 0.15) is 61.6 Å². The molecular weight excluding hydrogens is 579 g/mol. The molecule has 0 aromatic carbocycles. The summed E-state index contributed by atoms with van der Waals surface area (Å²) in [7, 11) is 0. The Morgan fingerprint density at radius 3 is 1.68 bits per heavy atom. The minimum Gasteiger partial charge on any atom is -0.870 e. The van der Waals surface area contributed by atoms with Gasteiger partial charge in [-0.3, -0.25) is 0 Å². The SMILES string of the molecule is CCOC(=O)c1sc2nc(C(F)F)cc(C)c2c1N.Cc1cc(C(F)F)nc2sc(C(=O)O)c(N)c12.[K+].[OH-]. The number of carbonyl (C=O) groups is 2. The number of nitrogens with zero attached hydrogens (tertiary/aromatic N) is 2. The first-order chi connectivity index (χ1) is 16.9. The van der Waals surface area contributed by atoms with E-state index in [0.29, 0.717) is 26.7 Å². The number of rotatable bonds is 5. The van der Waals surface area contributed by atoms with Crippen LogP contribution in [0, 0.1) is 13.8 Å². The monoisotopic (exact) mass is 600 g/mol. The van der Waals surface area contributed by atoms with E-state index >= 15 is 0 Å². The van der Waals surface area contributed by atoms with Crippen molar-refractivity contribution in [3.63, 3.8) is 0 Å². The molecule has 4 aromatic heterocycles. The zero-order chi connectivity index (χ0) is 26.9. The fraction of sp³-hybridized carbons (Fsp3) is 0.273. The summed E-state index contributed by atoms with van der Waals surface area (Å²) in [5.41, 5.74) is 12.3. The summed E-state index contributed by atoms with van der Waals surface area (Å²) in [4.78, 5) is 30.8. The molecule has 4 aromatic rings. The Morgan fingerprint density at radius 2 is 1.32 bits per heavy atom. The van der Waals surface area contributed by atoms with Crippen LogP contribution in [-0.4, -0.2) is 39.1 Å². The van der Waals surface area contributed by atoms with Crippen LogP contribution in [0.25, 0.3) is 20.4 Å². The standard InChI is InChI=1S/C12H12F2N2O2S.C10H8F2N2O2S.K.H2O/c1-3-18-12(17)9-8(15)7-5(2)4-6(10(13)14)16-11(7)19-9;1-3-2-4(8(11)12)14-9-5(3)6(13)7(17-9)10(15)16;;/h4,10H,3,15H2,1-2H3;2,8H,13H2,1H3,(H,15,16);;1H2/q;;+1;/p-1. The number of alkyl halides is 4. The van der Waals surface area contributed by atoms with Gasteiger partial charge in [-0.2, -0.15) is 0 Å². The fourth-order valence-corrected chi connectivity index (χ4v) is 5.49. The van der Waals surface area contributed by atoms with Gasteiger partial charge >= 0.3 is 63.3 Å². The van der Waals surface area contributed by atoms with Crippen molar-refractivity contribution < 1.29 is 93.9 Å². The molecule has 6 N–H and O–H groups in total. The average Bonchev–Trinajstić information content (AvgIpc) is 3.32. The first kappa shape index (κ1) is 34.1. The van der Waals surface area contributed by atoms with Gasteiger partial charge < -0.3 is 26.8 Å². The smallest absolute Gasteiger partial charge is 0.870 e. The Kier molecular flexibility index (Phi) is 12.5. The number of carbonyl (C=O) groups excluding carboxylic acids is 1. The maximum atomic E-state index is 12.7. The maximum absolute atomic E-state index is 12.7. The van der Waals surface area contributed by atoms with E-state index in [4.69, 9.17) is 21.3 Å². The van der Waals surface area contributed by atoms with Gasteiger partial charge in [0.2, 0.25) is 0 Å². The summed E-state index contributed by atoms with van der Waals surface area (Å²) in [6, 6.07) is 2.51. The molecule has 0 amide bonds. The van der Waals surface area contributed by atoms with Crippen LogP contribution in [0.4, 0.5) is 28.9 Å². The van der Waals surface area contributed by atoms with E-state index < -0.39 is 24.8 Å². The van der Waals surface area contributed by atoms with Crippen LogP contribution in [0.2, 0.25) is 0 Å². The fourth-order valence-electron chi connectivity index (χ4n) is 3.40. The van der Waals surface area contributed by atoms with E-state index in [1.165, 1.54) is 12.1 Å². The molecule has 38 heavy (non-hydrogen) atoms. The molecule has 16 heteroatoms. The van der Waals surface area contributed by atoms with Crippen molar-refractivity contribution in [1.29, 1.82) is 0 Å². The van der Waals surface area contributed by atoms with Gasteiger partial charge in [-0.1, -0.05) is 0 Å². The van der Waals surface area contributed by atoms with Gasteiger partial charge in [0.05, 0.1) is 18.0 Å². The zero-order valence-corrected chi connectivity index (χ0v) is 25.3. The quantitative estimate of drug-likeness (QED) is 0.177. The van der Waals surface area contributed by atoms with Crippen molar-refractivity contribution in [2.24, 2.45) is 0 Å². The molecular formula is C22H21F4KN4O5S2. The molecule has 0 aliphatic heterocycles. The molecule has 4 heterocycles. The van der Waals surface area contributed by atoms with Gasteiger partial charge in [0.15, 0.2) is 0 Å².